The molecular weight excluding hydrogens is 302 g/mol. The number of alkyl halides is 1. The lowest BCUT2D eigenvalue weighted by molar-refractivity contribution is 0.302. The lowest BCUT2D eigenvalue weighted by Crippen LogP contribution is -1.99. The van der Waals surface area contributed by atoms with Gasteiger partial charge < -0.3 is 4.74 Å². The Hall–Kier alpha value is -1.06. The highest BCUT2D eigenvalue weighted by Gasteiger charge is 2.04. The van der Waals surface area contributed by atoms with Crippen molar-refractivity contribution in [3.8, 4) is 5.75 Å². The fraction of sp³-hybridized carbons (Fsp3) is 0.154. The summed E-state index contributed by atoms with van der Waals surface area (Å²) < 4.78 is 6.76. The molecule has 0 saturated heterocycles. The average Bonchev–Trinajstić information content (AvgIpc) is 2.38. The van der Waals surface area contributed by atoms with Crippen molar-refractivity contribution in [2.75, 3.05) is 0 Å². The van der Waals surface area contributed by atoms with Crippen LogP contribution < -0.4 is 4.74 Å². The van der Waals surface area contributed by atoms with Gasteiger partial charge in [-0.2, -0.15) is 0 Å². The van der Waals surface area contributed by atoms with E-state index in [1.807, 2.05) is 30.3 Å². The van der Waals surface area contributed by atoms with E-state index >= 15 is 0 Å². The molecule has 2 rings (SSSR count). The van der Waals surface area contributed by atoms with Gasteiger partial charge in [-0.25, -0.2) is 0 Å². The molecule has 88 valence electrons. The predicted molar refractivity (Wildman–Crippen MR) is 72.3 cm³/mol. The zero-order valence-electron chi connectivity index (χ0n) is 9.07. The number of ether oxygens (including phenoxy) is 1. The summed E-state index contributed by atoms with van der Waals surface area (Å²) in [7, 11) is 0. The van der Waals surface area contributed by atoms with E-state index in [2.05, 4.69) is 20.9 Å². The second-order valence-electron chi connectivity index (χ2n) is 3.50. The summed E-state index contributed by atoms with van der Waals surface area (Å²) in [6, 6.07) is 9.82. The third-order valence-electron chi connectivity index (χ3n) is 2.36. The first-order chi connectivity index (χ1) is 8.31. The monoisotopic (exact) mass is 311 g/mol. The van der Waals surface area contributed by atoms with E-state index < -0.39 is 0 Å². The number of nitrogens with zero attached hydrogens (tertiary/aromatic N) is 1. The highest BCUT2D eigenvalue weighted by Crippen LogP contribution is 2.22. The summed E-state index contributed by atoms with van der Waals surface area (Å²) >= 11 is 9.31. The summed E-state index contributed by atoms with van der Waals surface area (Å²) in [4.78, 5) is 4.03. The van der Waals surface area contributed by atoms with Gasteiger partial charge in [-0.15, -0.1) is 11.6 Å². The van der Waals surface area contributed by atoms with Crippen molar-refractivity contribution >= 4 is 27.5 Å². The summed E-state index contributed by atoms with van der Waals surface area (Å²) in [5, 5.41) is 0. The molecule has 1 aromatic heterocycles. The molecule has 1 aromatic carbocycles. The van der Waals surface area contributed by atoms with E-state index in [9.17, 15) is 0 Å². The van der Waals surface area contributed by atoms with Gasteiger partial charge >= 0.3 is 0 Å². The number of hydrogen-bond donors (Lipinski definition) is 0. The van der Waals surface area contributed by atoms with Gasteiger partial charge in [-0.1, -0.05) is 34.1 Å². The number of halogens is 2. The van der Waals surface area contributed by atoms with Crippen molar-refractivity contribution < 1.29 is 4.74 Å². The molecule has 0 fully saturated rings. The van der Waals surface area contributed by atoms with E-state index in [0.29, 0.717) is 12.5 Å². The maximum Gasteiger partial charge on any atom is 0.142 e. The van der Waals surface area contributed by atoms with Crippen LogP contribution in [0.4, 0.5) is 0 Å². The summed E-state index contributed by atoms with van der Waals surface area (Å²) in [5.41, 5.74) is 2.05. The van der Waals surface area contributed by atoms with Crippen molar-refractivity contribution in [1.82, 2.24) is 4.98 Å². The highest BCUT2D eigenvalue weighted by atomic mass is 79.9. The molecule has 0 atom stereocenters. The zero-order chi connectivity index (χ0) is 12.1. The smallest absolute Gasteiger partial charge is 0.142 e. The normalized spacial score (nSPS) is 10.2. The molecule has 0 radical (unpaired) electrons. The molecular formula is C13H11BrClNO. The van der Waals surface area contributed by atoms with Crippen molar-refractivity contribution in [1.29, 1.82) is 0 Å². The Bertz CT molecular complexity index is 504. The fourth-order valence-corrected chi connectivity index (χ4v) is 2.04. The van der Waals surface area contributed by atoms with Crippen molar-refractivity contribution in [2.24, 2.45) is 0 Å². The van der Waals surface area contributed by atoms with E-state index in [0.717, 1.165) is 21.3 Å². The molecule has 0 amide bonds. The molecule has 2 nitrogen and oxygen atoms in total. The predicted octanol–water partition coefficient (Wildman–Crippen LogP) is 4.16. The zero-order valence-corrected chi connectivity index (χ0v) is 11.4. The van der Waals surface area contributed by atoms with Gasteiger partial charge in [0, 0.05) is 21.8 Å². The average molecular weight is 313 g/mol. The Labute approximate surface area is 114 Å². The molecule has 17 heavy (non-hydrogen) atoms. The van der Waals surface area contributed by atoms with Gasteiger partial charge in [0.25, 0.3) is 0 Å². The largest absolute Gasteiger partial charge is 0.487 e. The molecule has 0 bridgehead atoms. The topological polar surface area (TPSA) is 22.1 Å². The van der Waals surface area contributed by atoms with Gasteiger partial charge in [-0.3, -0.25) is 4.98 Å². The summed E-state index contributed by atoms with van der Waals surface area (Å²) in [5.74, 6) is 1.16. The van der Waals surface area contributed by atoms with Gasteiger partial charge in [0.2, 0.25) is 0 Å². The quantitative estimate of drug-likeness (QED) is 0.791. The first-order valence-electron chi connectivity index (χ1n) is 5.16. The van der Waals surface area contributed by atoms with E-state index in [1.54, 1.807) is 12.4 Å². The van der Waals surface area contributed by atoms with Crippen LogP contribution in [0.25, 0.3) is 0 Å². The van der Waals surface area contributed by atoms with Crippen LogP contribution in [0.5, 0.6) is 5.75 Å². The fourth-order valence-electron chi connectivity index (χ4n) is 1.42. The number of benzene rings is 1. The minimum Gasteiger partial charge on any atom is -0.487 e. The van der Waals surface area contributed by atoms with Crippen LogP contribution in [0, 0.1) is 0 Å². The van der Waals surface area contributed by atoms with Gasteiger partial charge in [-0.05, 0) is 12.1 Å². The highest BCUT2D eigenvalue weighted by molar-refractivity contribution is 9.10. The van der Waals surface area contributed by atoms with Crippen molar-refractivity contribution in [3.63, 3.8) is 0 Å². The second kappa shape index (κ2) is 6.03. The van der Waals surface area contributed by atoms with Crippen LogP contribution in [-0.4, -0.2) is 4.98 Å². The molecule has 2 aromatic rings. The lowest BCUT2D eigenvalue weighted by atomic mass is 10.2. The molecule has 0 aliphatic rings. The maximum absolute atomic E-state index is 5.83. The summed E-state index contributed by atoms with van der Waals surface area (Å²) in [6.07, 6.45) is 3.40. The number of aromatic nitrogens is 1. The number of pyridine rings is 1. The van der Waals surface area contributed by atoms with Crippen LogP contribution in [0.15, 0.2) is 47.2 Å². The number of rotatable bonds is 4. The second-order valence-corrected chi connectivity index (χ2v) is 4.62. The Balaban J connectivity index is 2.10. The Morgan fingerprint density at radius 1 is 1.18 bits per heavy atom. The molecule has 4 heteroatoms. The van der Waals surface area contributed by atoms with Gasteiger partial charge in [0.05, 0.1) is 12.1 Å². The SMILES string of the molecule is ClCc1ccncc1OCc1ccccc1Br. The Kier molecular flexibility index (Phi) is 4.40. The molecule has 0 unspecified atom stereocenters. The first-order valence-corrected chi connectivity index (χ1v) is 6.49. The van der Waals surface area contributed by atoms with Crippen molar-refractivity contribution in [3.05, 3.63) is 58.3 Å². The lowest BCUT2D eigenvalue weighted by Gasteiger charge is -2.10. The summed E-state index contributed by atoms with van der Waals surface area (Å²) in [6.45, 7) is 0.497. The minimum atomic E-state index is 0.424. The van der Waals surface area contributed by atoms with Crippen LogP contribution in [0.1, 0.15) is 11.1 Å². The van der Waals surface area contributed by atoms with E-state index in [4.69, 9.17) is 16.3 Å². The van der Waals surface area contributed by atoms with E-state index in [1.165, 1.54) is 0 Å². The molecule has 0 aliphatic carbocycles. The third kappa shape index (κ3) is 3.20. The van der Waals surface area contributed by atoms with E-state index in [-0.39, 0.29) is 0 Å². The van der Waals surface area contributed by atoms with Crippen LogP contribution in [0.3, 0.4) is 0 Å². The standard InChI is InChI=1S/C13H11BrClNO/c14-12-4-2-1-3-11(12)9-17-13-8-16-6-5-10(13)7-15/h1-6,8H,7,9H2. The first kappa shape index (κ1) is 12.4. The number of hydrogen-bond acceptors (Lipinski definition) is 2. The third-order valence-corrected chi connectivity index (χ3v) is 3.42. The molecule has 0 N–H and O–H groups in total. The van der Waals surface area contributed by atoms with Crippen LogP contribution >= 0.6 is 27.5 Å². The molecule has 0 spiro atoms. The van der Waals surface area contributed by atoms with Gasteiger partial charge in [0.15, 0.2) is 0 Å². The Morgan fingerprint density at radius 2 is 2.00 bits per heavy atom. The molecule has 0 saturated carbocycles. The maximum atomic E-state index is 5.83. The Morgan fingerprint density at radius 3 is 2.76 bits per heavy atom. The minimum absolute atomic E-state index is 0.424. The van der Waals surface area contributed by atoms with Crippen LogP contribution in [0.2, 0.25) is 0 Å². The molecule has 1 heterocycles. The van der Waals surface area contributed by atoms with Crippen molar-refractivity contribution in [2.45, 2.75) is 12.5 Å². The molecule has 0 aliphatic heterocycles. The van der Waals surface area contributed by atoms with Crippen LogP contribution in [-0.2, 0) is 12.5 Å². The van der Waals surface area contributed by atoms with Gasteiger partial charge in [0.1, 0.15) is 12.4 Å².